The first kappa shape index (κ1) is 17.2. The molecule has 1 aromatic rings. The van der Waals surface area contributed by atoms with Crippen molar-refractivity contribution in [2.24, 2.45) is 0 Å². The van der Waals surface area contributed by atoms with E-state index >= 15 is 0 Å². The topological polar surface area (TPSA) is 57.7 Å². The third-order valence-electron chi connectivity index (χ3n) is 4.89. The second kappa shape index (κ2) is 7.94. The molecule has 2 amide bonds. The summed E-state index contributed by atoms with van der Waals surface area (Å²) in [5.74, 6) is 0. The van der Waals surface area contributed by atoms with E-state index in [9.17, 15) is 4.79 Å². The molecule has 132 valence electrons. The van der Waals surface area contributed by atoms with Gasteiger partial charge in [0.05, 0.1) is 19.3 Å². The molecule has 2 atom stereocenters. The third kappa shape index (κ3) is 4.05. The molecule has 3 heterocycles. The first-order valence-electron chi connectivity index (χ1n) is 8.93. The van der Waals surface area contributed by atoms with Gasteiger partial charge in [0.25, 0.3) is 0 Å². The van der Waals surface area contributed by atoms with Gasteiger partial charge >= 0.3 is 6.03 Å². The molecule has 0 aliphatic carbocycles. The Balaban J connectivity index is 1.76. The van der Waals surface area contributed by atoms with E-state index in [0.717, 1.165) is 45.7 Å². The number of carbonyl (C=O) groups excluding carboxylic acids is 1. The second-order valence-corrected chi connectivity index (χ2v) is 6.93. The summed E-state index contributed by atoms with van der Waals surface area (Å²) in [6.07, 6.45) is 5.55. The van der Waals surface area contributed by atoms with E-state index in [1.165, 1.54) is 5.56 Å². The number of rotatable bonds is 4. The third-order valence-corrected chi connectivity index (χ3v) is 4.89. The van der Waals surface area contributed by atoms with Crippen LogP contribution in [0, 0.1) is 0 Å². The first-order chi connectivity index (χ1) is 11.6. The van der Waals surface area contributed by atoms with Gasteiger partial charge in [-0.1, -0.05) is 0 Å². The zero-order valence-corrected chi connectivity index (χ0v) is 14.6. The van der Waals surface area contributed by atoms with Crippen molar-refractivity contribution in [1.82, 2.24) is 20.1 Å². The van der Waals surface area contributed by atoms with Crippen molar-refractivity contribution < 1.29 is 9.53 Å². The van der Waals surface area contributed by atoms with Crippen LogP contribution in [0.25, 0.3) is 0 Å². The molecule has 2 aliphatic rings. The molecule has 6 heteroatoms. The van der Waals surface area contributed by atoms with Crippen molar-refractivity contribution in [2.45, 2.75) is 44.8 Å². The van der Waals surface area contributed by atoms with Crippen molar-refractivity contribution >= 4 is 6.03 Å². The Morgan fingerprint density at radius 1 is 1.29 bits per heavy atom. The maximum atomic E-state index is 12.6. The lowest BCUT2D eigenvalue weighted by Gasteiger charge is -2.37. The van der Waals surface area contributed by atoms with Crippen LogP contribution >= 0.6 is 0 Å². The normalized spacial score (nSPS) is 25.2. The lowest BCUT2D eigenvalue weighted by Crippen LogP contribution is -2.53. The zero-order chi connectivity index (χ0) is 16.9. The molecule has 24 heavy (non-hydrogen) atoms. The minimum Gasteiger partial charge on any atom is -0.379 e. The number of carbonyl (C=O) groups is 1. The fourth-order valence-corrected chi connectivity index (χ4v) is 3.76. The molecule has 0 spiro atoms. The Hall–Kier alpha value is -1.66. The lowest BCUT2D eigenvalue weighted by molar-refractivity contribution is 0.0102. The van der Waals surface area contributed by atoms with Gasteiger partial charge < -0.3 is 15.0 Å². The number of ether oxygens (including phenoxy) is 1. The summed E-state index contributed by atoms with van der Waals surface area (Å²) in [4.78, 5) is 21.3. The van der Waals surface area contributed by atoms with E-state index < -0.39 is 0 Å². The van der Waals surface area contributed by atoms with Gasteiger partial charge in [0.1, 0.15) is 0 Å². The molecule has 0 radical (unpaired) electrons. The van der Waals surface area contributed by atoms with Crippen molar-refractivity contribution in [1.29, 1.82) is 0 Å². The highest BCUT2D eigenvalue weighted by molar-refractivity contribution is 5.75. The summed E-state index contributed by atoms with van der Waals surface area (Å²) in [5.41, 5.74) is 1.23. The van der Waals surface area contributed by atoms with Gasteiger partial charge in [0, 0.05) is 44.1 Å². The van der Waals surface area contributed by atoms with Gasteiger partial charge in [-0.3, -0.25) is 9.88 Å². The van der Waals surface area contributed by atoms with Crippen LogP contribution in [-0.2, 0) is 11.2 Å². The van der Waals surface area contributed by atoms with Crippen molar-refractivity contribution in [3.63, 3.8) is 0 Å². The summed E-state index contributed by atoms with van der Waals surface area (Å²) in [6, 6.07) is 4.91. The molecular weight excluding hydrogens is 304 g/mol. The Morgan fingerprint density at radius 2 is 2.00 bits per heavy atom. The number of urea groups is 1. The maximum absolute atomic E-state index is 12.6. The average Bonchev–Trinajstić information content (AvgIpc) is 2.99. The molecule has 1 aromatic heterocycles. The molecule has 6 nitrogen and oxygen atoms in total. The second-order valence-electron chi connectivity index (χ2n) is 6.93. The van der Waals surface area contributed by atoms with Crippen LogP contribution in [-0.4, -0.2) is 71.8 Å². The number of pyridine rings is 1. The van der Waals surface area contributed by atoms with Crippen LogP contribution in [0.4, 0.5) is 4.79 Å². The molecule has 0 aromatic carbocycles. The Morgan fingerprint density at radius 3 is 2.67 bits per heavy atom. The van der Waals surface area contributed by atoms with E-state index in [1.54, 1.807) is 0 Å². The highest BCUT2D eigenvalue weighted by Gasteiger charge is 2.40. The smallest absolute Gasteiger partial charge is 0.317 e. The molecule has 2 aliphatic heterocycles. The maximum Gasteiger partial charge on any atom is 0.317 e. The van der Waals surface area contributed by atoms with Gasteiger partial charge in [0.2, 0.25) is 0 Å². The number of hydrogen-bond donors (Lipinski definition) is 1. The van der Waals surface area contributed by atoms with Gasteiger partial charge in [-0.15, -0.1) is 0 Å². The molecular formula is C18H28N4O2. The lowest BCUT2D eigenvalue weighted by atomic mass is 9.99. The fraction of sp³-hybridized carbons (Fsp3) is 0.667. The van der Waals surface area contributed by atoms with E-state index in [4.69, 9.17) is 4.74 Å². The quantitative estimate of drug-likeness (QED) is 0.908. The van der Waals surface area contributed by atoms with Gasteiger partial charge in [-0.25, -0.2) is 4.79 Å². The molecule has 2 saturated heterocycles. The van der Waals surface area contributed by atoms with Crippen LogP contribution in [0.15, 0.2) is 24.5 Å². The minimum atomic E-state index is 0.0554. The Bertz CT molecular complexity index is 531. The average molecular weight is 332 g/mol. The molecule has 2 fully saturated rings. The van der Waals surface area contributed by atoms with E-state index in [0.29, 0.717) is 6.04 Å². The summed E-state index contributed by atoms with van der Waals surface area (Å²) in [7, 11) is 0. The number of morpholine rings is 1. The monoisotopic (exact) mass is 332 g/mol. The van der Waals surface area contributed by atoms with Crippen molar-refractivity contribution in [2.75, 3.05) is 32.8 Å². The number of amides is 2. The molecule has 0 bridgehead atoms. The highest BCUT2D eigenvalue weighted by atomic mass is 16.5. The molecule has 1 N–H and O–H groups in total. The number of aromatic nitrogens is 1. The van der Waals surface area contributed by atoms with Gasteiger partial charge in [-0.2, -0.15) is 0 Å². The summed E-state index contributed by atoms with van der Waals surface area (Å²) < 4.78 is 5.50. The van der Waals surface area contributed by atoms with Crippen molar-refractivity contribution in [3.05, 3.63) is 30.1 Å². The minimum absolute atomic E-state index is 0.0554. The number of likely N-dealkylation sites (tertiary alicyclic amines) is 1. The van der Waals surface area contributed by atoms with Crippen LogP contribution in [0.1, 0.15) is 25.8 Å². The van der Waals surface area contributed by atoms with Gasteiger partial charge in [-0.05, 0) is 44.4 Å². The van der Waals surface area contributed by atoms with E-state index in [-0.39, 0.29) is 18.1 Å². The van der Waals surface area contributed by atoms with E-state index in [2.05, 4.69) is 15.2 Å². The number of hydrogen-bond acceptors (Lipinski definition) is 4. The molecule has 0 unspecified atom stereocenters. The van der Waals surface area contributed by atoms with Crippen LogP contribution < -0.4 is 5.32 Å². The van der Waals surface area contributed by atoms with E-state index in [1.807, 2.05) is 43.3 Å². The Labute approximate surface area is 144 Å². The van der Waals surface area contributed by atoms with Crippen LogP contribution in [0.2, 0.25) is 0 Å². The zero-order valence-electron chi connectivity index (χ0n) is 14.6. The summed E-state index contributed by atoms with van der Waals surface area (Å²) in [6.45, 7) is 8.31. The first-order valence-corrected chi connectivity index (χ1v) is 8.93. The summed E-state index contributed by atoms with van der Waals surface area (Å²) in [5, 5.41) is 3.06. The Kier molecular flexibility index (Phi) is 5.68. The standard InChI is InChI=1S/C18H28N4O2/c1-14(2)20-18(23)22-8-5-16(21-9-11-24-12-10-21)17(22)13-15-3-6-19-7-4-15/h3-4,6-7,14,16-17H,5,8-13H2,1-2H3,(H,20,23)/t16-,17+/m0/s1. The van der Waals surface area contributed by atoms with Crippen LogP contribution in [0.5, 0.6) is 0 Å². The van der Waals surface area contributed by atoms with Crippen molar-refractivity contribution in [3.8, 4) is 0 Å². The number of nitrogens with one attached hydrogen (secondary N) is 1. The predicted octanol–water partition coefficient (Wildman–Crippen LogP) is 1.52. The summed E-state index contributed by atoms with van der Waals surface area (Å²) >= 11 is 0. The van der Waals surface area contributed by atoms with Gasteiger partial charge in [0.15, 0.2) is 0 Å². The fourth-order valence-electron chi connectivity index (χ4n) is 3.76. The predicted molar refractivity (Wildman–Crippen MR) is 92.9 cm³/mol. The van der Waals surface area contributed by atoms with Crippen LogP contribution in [0.3, 0.4) is 0 Å². The SMILES string of the molecule is CC(C)NC(=O)N1CC[C@H](N2CCOCC2)[C@H]1Cc1ccncc1. The molecule has 0 saturated carbocycles. The highest BCUT2D eigenvalue weighted by Crippen LogP contribution is 2.27. The number of nitrogens with zero attached hydrogens (tertiary/aromatic N) is 3. The molecule has 3 rings (SSSR count). The largest absolute Gasteiger partial charge is 0.379 e.